The molecule has 0 aliphatic rings. The molecule has 0 aromatic heterocycles. The van der Waals surface area contributed by atoms with E-state index in [1.807, 2.05) is 0 Å². The van der Waals surface area contributed by atoms with Crippen molar-refractivity contribution in [3.05, 3.63) is 30.3 Å². The molecule has 0 atom stereocenters. The summed E-state index contributed by atoms with van der Waals surface area (Å²) in [4.78, 5) is 0. The Kier molecular flexibility index (Phi) is 5.76. The fraction of sp³-hybridized carbons (Fsp3) is 0.143. The Labute approximate surface area is 83.7 Å². The summed E-state index contributed by atoms with van der Waals surface area (Å²) >= 11 is 0. The fourth-order valence-corrected chi connectivity index (χ4v) is 0.622. The predicted octanol–water partition coefficient (Wildman–Crippen LogP) is 0.533. The summed E-state index contributed by atoms with van der Waals surface area (Å²) in [6.45, 7) is 0. The molecule has 0 aliphatic heterocycles. The lowest BCUT2D eigenvalue weighted by molar-refractivity contribution is -0.274. The number of halogens is 3. The number of alkyl halides is 3. The van der Waals surface area contributed by atoms with Crippen molar-refractivity contribution in [2.75, 3.05) is 0 Å². The summed E-state index contributed by atoms with van der Waals surface area (Å²) in [5, 5.41) is 21.5. The minimum absolute atomic E-state index is 0.194. The van der Waals surface area contributed by atoms with Crippen LogP contribution < -0.4 is 4.74 Å². The van der Waals surface area contributed by atoms with E-state index in [4.69, 9.17) is 15.1 Å². The molecule has 0 aliphatic carbocycles. The van der Waals surface area contributed by atoms with E-state index in [2.05, 4.69) is 4.74 Å². The lowest BCUT2D eigenvalue weighted by Gasteiger charge is -2.07. The van der Waals surface area contributed by atoms with Gasteiger partial charge in [0.15, 0.2) is 0 Å². The summed E-state index contributed by atoms with van der Waals surface area (Å²) in [5.41, 5.74) is 0. The van der Waals surface area contributed by atoms with Gasteiger partial charge in [-0.2, -0.15) is 0 Å². The van der Waals surface area contributed by atoms with E-state index in [0.29, 0.717) is 0 Å². The van der Waals surface area contributed by atoms with Gasteiger partial charge in [-0.1, -0.05) is 18.2 Å². The van der Waals surface area contributed by atoms with Crippen LogP contribution in [0.2, 0.25) is 0 Å². The molecule has 3 N–H and O–H groups in total. The van der Waals surface area contributed by atoms with Crippen LogP contribution in [0.3, 0.4) is 0 Å². The molecule has 0 spiro atoms. The third-order valence-corrected chi connectivity index (χ3v) is 0.977. The monoisotopic (exact) mass is 224 g/mol. The maximum Gasteiger partial charge on any atom is 0.631 e. The Balaban J connectivity index is 0.000000423. The zero-order valence-electron chi connectivity index (χ0n) is 7.35. The van der Waals surface area contributed by atoms with Crippen molar-refractivity contribution in [1.29, 1.82) is 0 Å². The van der Waals surface area contributed by atoms with E-state index in [0.717, 1.165) is 0 Å². The minimum atomic E-state index is -4.60. The average Bonchev–Trinajstić information content (AvgIpc) is 2.01. The molecular weight excluding hydrogens is 216 g/mol. The van der Waals surface area contributed by atoms with Crippen LogP contribution in [0.5, 0.6) is 5.75 Å². The van der Waals surface area contributed by atoms with Gasteiger partial charge in [0.1, 0.15) is 5.75 Å². The number of para-hydroxylation sites is 1. The van der Waals surface area contributed by atoms with Gasteiger partial charge in [-0.3, -0.25) is 0 Å². The summed E-state index contributed by atoms with van der Waals surface area (Å²) < 4.78 is 38.2. The molecule has 1 aromatic rings. The van der Waals surface area contributed by atoms with E-state index in [1.54, 1.807) is 6.07 Å². The fourth-order valence-electron chi connectivity index (χ4n) is 0.622. The van der Waals surface area contributed by atoms with Crippen LogP contribution in [0, 0.1) is 0 Å². The zero-order chi connectivity index (χ0) is 11.9. The lowest BCUT2D eigenvalue weighted by atomic mass is 10.3. The molecule has 0 unspecified atom stereocenters. The highest BCUT2D eigenvalue weighted by atomic mass is 19.4. The first-order valence-corrected chi connectivity index (χ1v) is 3.66. The van der Waals surface area contributed by atoms with Crippen molar-refractivity contribution in [2.45, 2.75) is 6.36 Å². The van der Waals surface area contributed by atoms with E-state index in [-0.39, 0.29) is 5.75 Å². The minimum Gasteiger partial charge on any atom is -0.406 e. The Hall–Kier alpha value is -1.25. The van der Waals surface area contributed by atoms with Gasteiger partial charge in [0, 0.05) is 0 Å². The number of hydrogen-bond acceptors (Lipinski definition) is 4. The Morgan fingerprint density at radius 2 is 1.40 bits per heavy atom. The molecule has 8 heteroatoms. The van der Waals surface area contributed by atoms with Gasteiger partial charge in [-0.15, -0.1) is 13.2 Å². The summed E-state index contributed by atoms with van der Waals surface area (Å²) in [5.74, 6) is -0.194. The molecule has 84 valence electrons. The highest BCUT2D eigenvalue weighted by Gasteiger charge is 2.30. The van der Waals surface area contributed by atoms with E-state index in [1.165, 1.54) is 24.3 Å². The Morgan fingerprint density at radius 3 is 1.73 bits per heavy atom. The van der Waals surface area contributed by atoms with Crippen molar-refractivity contribution in [3.8, 4) is 5.75 Å². The second-order valence-electron chi connectivity index (χ2n) is 2.21. The lowest BCUT2D eigenvalue weighted by Crippen LogP contribution is -2.16. The van der Waals surface area contributed by atoms with E-state index in [9.17, 15) is 13.2 Å². The number of ether oxygens (including phenoxy) is 1. The van der Waals surface area contributed by atoms with Crippen LogP contribution >= 0.6 is 0 Å². The largest absolute Gasteiger partial charge is 0.631 e. The van der Waals surface area contributed by atoms with Crippen molar-refractivity contribution in [1.82, 2.24) is 0 Å². The average molecular weight is 224 g/mol. The number of hydrogen-bond donors (Lipinski definition) is 3. The molecule has 1 rings (SSSR count). The highest BCUT2D eigenvalue weighted by Crippen LogP contribution is 2.21. The van der Waals surface area contributed by atoms with Crippen molar-refractivity contribution < 1.29 is 33.0 Å². The Bertz CT molecular complexity index is 262. The summed E-state index contributed by atoms with van der Waals surface area (Å²) in [7, 11) is -2.17. The first kappa shape index (κ1) is 13.8. The molecule has 0 fully saturated rings. The van der Waals surface area contributed by atoms with Crippen molar-refractivity contribution in [2.24, 2.45) is 0 Å². The topological polar surface area (TPSA) is 69.9 Å². The van der Waals surface area contributed by atoms with Crippen molar-refractivity contribution in [3.63, 3.8) is 0 Å². The summed E-state index contributed by atoms with van der Waals surface area (Å²) in [6, 6.07) is 7.05. The summed E-state index contributed by atoms with van der Waals surface area (Å²) in [6.07, 6.45) is -4.60. The van der Waals surface area contributed by atoms with Crippen LogP contribution in [0.15, 0.2) is 30.3 Å². The first-order chi connectivity index (χ1) is 6.81. The predicted molar refractivity (Wildman–Crippen MR) is 45.5 cm³/mol. The van der Waals surface area contributed by atoms with Crippen LogP contribution in [-0.2, 0) is 0 Å². The van der Waals surface area contributed by atoms with Gasteiger partial charge in [0.2, 0.25) is 0 Å². The van der Waals surface area contributed by atoms with Crippen LogP contribution in [0.25, 0.3) is 0 Å². The third-order valence-electron chi connectivity index (χ3n) is 0.977. The molecular formula is C7H8BF3O4. The molecule has 4 nitrogen and oxygen atoms in total. The smallest absolute Gasteiger partial charge is 0.406 e. The van der Waals surface area contributed by atoms with E-state index >= 15 is 0 Å². The standard InChI is InChI=1S/C7H5F3O.BH3O3/c8-7(9,10)11-6-4-2-1-3-5-6;2-1(3)4/h1-5H;2-4H. The van der Waals surface area contributed by atoms with Gasteiger partial charge >= 0.3 is 13.7 Å². The highest BCUT2D eigenvalue weighted by molar-refractivity contribution is 6.30. The number of benzene rings is 1. The maximum atomic E-state index is 11.5. The van der Waals surface area contributed by atoms with Crippen molar-refractivity contribution >= 4 is 7.32 Å². The van der Waals surface area contributed by atoms with Gasteiger partial charge in [0.25, 0.3) is 0 Å². The maximum absolute atomic E-state index is 11.5. The second kappa shape index (κ2) is 6.28. The van der Waals surface area contributed by atoms with Gasteiger partial charge < -0.3 is 19.8 Å². The third kappa shape index (κ3) is 10.7. The molecule has 0 heterocycles. The SMILES string of the molecule is FC(F)(F)Oc1ccccc1.OB(O)O. The van der Waals surface area contributed by atoms with Gasteiger partial charge in [-0.25, -0.2) is 0 Å². The molecule has 0 amide bonds. The zero-order valence-corrected chi connectivity index (χ0v) is 7.35. The molecule has 0 saturated heterocycles. The van der Waals surface area contributed by atoms with E-state index < -0.39 is 13.7 Å². The first-order valence-electron chi connectivity index (χ1n) is 3.66. The normalized spacial score (nSPS) is 10.0. The second-order valence-corrected chi connectivity index (χ2v) is 2.21. The van der Waals surface area contributed by atoms with Gasteiger partial charge in [0.05, 0.1) is 0 Å². The van der Waals surface area contributed by atoms with Crippen LogP contribution in [0.4, 0.5) is 13.2 Å². The molecule has 15 heavy (non-hydrogen) atoms. The van der Waals surface area contributed by atoms with Crippen LogP contribution in [0.1, 0.15) is 0 Å². The molecule has 0 radical (unpaired) electrons. The number of rotatable bonds is 1. The quantitative estimate of drug-likeness (QED) is 0.608. The molecule has 0 saturated carbocycles. The Morgan fingerprint density at radius 1 is 1.00 bits per heavy atom. The molecule has 0 bridgehead atoms. The van der Waals surface area contributed by atoms with Crippen LogP contribution in [-0.4, -0.2) is 28.8 Å². The van der Waals surface area contributed by atoms with Gasteiger partial charge in [-0.05, 0) is 12.1 Å². The molecule has 1 aromatic carbocycles.